The number of amides is 2. The molecule has 142 valence electrons. The van der Waals surface area contributed by atoms with E-state index < -0.39 is 5.60 Å². The molecule has 1 fully saturated rings. The first kappa shape index (κ1) is 18.8. The van der Waals surface area contributed by atoms with Gasteiger partial charge in [0.15, 0.2) is 5.82 Å². The van der Waals surface area contributed by atoms with Gasteiger partial charge >= 0.3 is 6.09 Å². The van der Waals surface area contributed by atoms with Gasteiger partial charge in [0, 0.05) is 18.7 Å². The first-order valence-electron chi connectivity index (χ1n) is 9.00. The van der Waals surface area contributed by atoms with E-state index in [0.717, 1.165) is 11.3 Å². The van der Waals surface area contributed by atoms with Crippen LogP contribution in [0, 0.1) is 5.92 Å². The average molecular weight is 368 g/mol. The van der Waals surface area contributed by atoms with Crippen molar-refractivity contribution in [2.75, 3.05) is 18.4 Å². The molecule has 1 saturated heterocycles. The third kappa shape index (κ3) is 5.03. The predicted molar refractivity (Wildman–Crippen MR) is 102 cm³/mol. The first-order valence-corrected chi connectivity index (χ1v) is 9.00. The van der Waals surface area contributed by atoms with Gasteiger partial charge in [-0.05, 0) is 39.3 Å². The molecule has 1 aliphatic heterocycles. The molecule has 1 aromatic heterocycles. The van der Waals surface area contributed by atoms with E-state index in [1.54, 1.807) is 11.0 Å². The molecule has 2 heterocycles. The molecule has 27 heavy (non-hydrogen) atoms. The zero-order chi connectivity index (χ0) is 19.4. The summed E-state index contributed by atoms with van der Waals surface area (Å²) < 4.78 is 5.36. The molecular weight excluding hydrogens is 344 g/mol. The highest BCUT2D eigenvalue weighted by Gasteiger charge is 2.33. The van der Waals surface area contributed by atoms with Crippen molar-refractivity contribution < 1.29 is 14.3 Å². The summed E-state index contributed by atoms with van der Waals surface area (Å²) in [7, 11) is 0. The van der Waals surface area contributed by atoms with Crippen molar-refractivity contribution in [2.45, 2.75) is 32.8 Å². The number of nitrogens with zero attached hydrogens (tertiary/aromatic N) is 3. The topological polar surface area (TPSA) is 84.4 Å². The summed E-state index contributed by atoms with van der Waals surface area (Å²) >= 11 is 0. The highest BCUT2D eigenvalue weighted by molar-refractivity contribution is 5.92. The molecule has 1 unspecified atom stereocenters. The predicted octanol–water partition coefficient (Wildman–Crippen LogP) is 3.34. The number of hydrogen-bond acceptors (Lipinski definition) is 5. The van der Waals surface area contributed by atoms with Crippen LogP contribution in [0.25, 0.3) is 11.3 Å². The molecule has 0 radical (unpaired) electrons. The summed E-state index contributed by atoms with van der Waals surface area (Å²) in [6.45, 7) is 6.32. The molecule has 0 spiro atoms. The number of ether oxygens (including phenoxy) is 1. The number of rotatable bonds is 3. The lowest BCUT2D eigenvalue weighted by atomic mass is 10.1. The lowest BCUT2D eigenvalue weighted by Gasteiger charge is -2.24. The maximum absolute atomic E-state index is 12.5. The summed E-state index contributed by atoms with van der Waals surface area (Å²) in [5.74, 6) is -0.0497. The fourth-order valence-corrected chi connectivity index (χ4v) is 2.86. The SMILES string of the molecule is CC(C)(C)OC(=O)N1CCC(C(=O)Nc2ccc(-c3ccccc3)nn2)C1. The third-order valence-corrected chi connectivity index (χ3v) is 4.20. The maximum atomic E-state index is 12.5. The summed E-state index contributed by atoms with van der Waals surface area (Å²) in [5.41, 5.74) is 1.16. The van der Waals surface area contributed by atoms with E-state index in [9.17, 15) is 9.59 Å². The number of carbonyl (C=O) groups excluding carboxylic acids is 2. The Bertz CT molecular complexity index is 800. The lowest BCUT2D eigenvalue weighted by molar-refractivity contribution is -0.119. The molecule has 1 N–H and O–H groups in total. The van der Waals surface area contributed by atoms with Crippen molar-refractivity contribution in [1.29, 1.82) is 0 Å². The van der Waals surface area contributed by atoms with Crippen LogP contribution in [0.2, 0.25) is 0 Å². The molecule has 2 amide bonds. The third-order valence-electron chi connectivity index (χ3n) is 4.20. The van der Waals surface area contributed by atoms with Crippen LogP contribution in [-0.2, 0) is 9.53 Å². The number of likely N-dealkylation sites (tertiary alicyclic amines) is 1. The van der Waals surface area contributed by atoms with Crippen LogP contribution >= 0.6 is 0 Å². The Hall–Kier alpha value is -2.96. The van der Waals surface area contributed by atoms with Crippen LogP contribution in [-0.4, -0.2) is 45.8 Å². The minimum atomic E-state index is -0.548. The summed E-state index contributed by atoms with van der Waals surface area (Å²) in [4.78, 5) is 26.1. The number of anilines is 1. The lowest BCUT2D eigenvalue weighted by Crippen LogP contribution is -2.36. The number of nitrogens with one attached hydrogen (secondary N) is 1. The second kappa shape index (κ2) is 7.73. The van der Waals surface area contributed by atoms with Gasteiger partial charge in [-0.15, -0.1) is 10.2 Å². The van der Waals surface area contributed by atoms with Gasteiger partial charge in [0.1, 0.15) is 5.60 Å². The fourth-order valence-electron chi connectivity index (χ4n) is 2.86. The Morgan fingerprint density at radius 3 is 2.48 bits per heavy atom. The van der Waals surface area contributed by atoms with Gasteiger partial charge in [0.25, 0.3) is 0 Å². The standard InChI is InChI=1S/C20H24N4O3/c1-20(2,3)27-19(26)24-12-11-15(13-24)18(25)21-17-10-9-16(22-23-17)14-7-5-4-6-8-14/h4-10,15H,11-13H2,1-3H3,(H,21,23,25). The van der Waals surface area contributed by atoms with E-state index in [1.807, 2.05) is 57.2 Å². The van der Waals surface area contributed by atoms with Gasteiger partial charge in [-0.25, -0.2) is 4.79 Å². The molecule has 3 rings (SSSR count). The Labute approximate surface area is 158 Å². The van der Waals surface area contributed by atoms with Gasteiger partial charge in [-0.2, -0.15) is 0 Å². The fraction of sp³-hybridized carbons (Fsp3) is 0.400. The minimum Gasteiger partial charge on any atom is -0.444 e. The Balaban J connectivity index is 1.56. The maximum Gasteiger partial charge on any atom is 0.410 e. The van der Waals surface area contributed by atoms with Crippen molar-refractivity contribution >= 4 is 17.8 Å². The normalized spacial score (nSPS) is 16.9. The van der Waals surface area contributed by atoms with Crippen molar-refractivity contribution in [3.8, 4) is 11.3 Å². The number of carbonyl (C=O) groups is 2. The molecule has 0 bridgehead atoms. The van der Waals surface area contributed by atoms with Gasteiger partial charge < -0.3 is 15.0 Å². The zero-order valence-corrected chi connectivity index (χ0v) is 15.8. The highest BCUT2D eigenvalue weighted by Crippen LogP contribution is 2.21. The van der Waals surface area contributed by atoms with Gasteiger partial charge in [0.05, 0.1) is 11.6 Å². The molecule has 0 aliphatic carbocycles. The Morgan fingerprint density at radius 2 is 1.85 bits per heavy atom. The van der Waals surface area contributed by atoms with E-state index in [-0.39, 0.29) is 17.9 Å². The molecular formula is C20H24N4O3. The van der Waals surface area contributed by atoms with E-state index in [0.29, 0.717) is 25.3 Å². The highest BCUT2D eigenvalue weighted by atomic mass is 16.6. The quantitative estimate of drug-likeness (QED) is 0.898. The number of hydrogen-bond donors (Lipinski definition) is 1. The van der Waals surface area contributed by atoms with Crippen LogP contribution < -0.4 is 5.32 Å². The van der Waals surface area contributed by atoms with Crippen molar-refractivity contribution in [3.05, 3.63) is 42.5 Å². The van der Waals surface area contributed by atoms with Gasteiger partial charge in [0.2, 0.25) is 5.91 Å². The van der Waals surface area contributed by atoms with Crippen LogP contribution in [0.3, 0.4) is 0 Å². The van der Waals surface area contributed by atoms with Crippen molar-refractivity contribution in [3.63, 3.8) is 0 Å². The zero-order valence-electron chi connectivity index (χ0n) is 15.8. The minimum absolute atomic E-state index is 0.164. The number of aromatic nitrogens is 2. The largest absolute Gasteiger partial charge is 0.444 e. The molecule has 7 nitrogen and oxygen atoms in total. The van der Waals surface area contributed by atoms with E-state index in [2.05, 4.69) is 15.5 Å². The van der Waals surface area contributed by atoms with Gasteiger partial charge in [-0.3, -0.25) is 4.79 Å². The van der Waals surface area contributed by atoms with Crippen LogP contribution in [0.1, 0.15) is 27.2 Å². The molecule has 1 aromatic carbocycles. The Kier molecular flexibility index (Phi) is 5.39. The summed E-state index contributed by atoms with van der Waals surface area (Å²) in [5, 5.41) is 11.0. The van der Waals surface area contributed by atoms with Crippen LogP contribution in [0.15, 0.2) is 42.5 Å². The Morgan fingerprint density at radius 1 is 1.11 bits per heavy atom. The van der Waals surface area contributed by atoms with E-state index >= 15 is 0 Å². The molecule has 1 aliphatic rings. The van der Waals surface area contributed by atoms with Crippen LogP contribution in [0.4, 0.5) is 10.6 Å². The van der Waals surface area contributed by atoms with Crippen molar-refractivity contribution in [2.24, 2.45) is 5.92 Å². The monoisotopic (exact) mass is 368 g/mol. The smallest absolute Gasteiger partial charge is 0.410 e. The first-order chi connectivity index (χ1) is 12.8. The average Bonchev–Trinajstić information content (AvgIpc) is 3.12. The molecule has 7 heteroatoms. The summed E-state index contributed by atoms with van der Waals surface area (Å²) in [6.07, 6.45) is 0.213. The molecule has 2 aromatic rings. The second-order valence-corrected chi connectivity index (χ2v) is 7.57. The van der Waals surface area contributed by atoms with E-state index in [1.165, 1.54) is 0 Å². The molecule has 1 atom stereocenters. The molecule has 0 saturated carbocycles. The van der Waals surface area contributed by atoms with Crippen molar-refractivity contribution in [1.82, 2.24) is 15.1 Å². The van der Waals surface area contributed by atoms with Gasteiger partial charge in [-0.1, -0.05) is 30.3 Å². The second-order valence-electron chi connectivity index (χ2n) is 7.57. The van der Waals surface area contributed by atoms with Crippen LogP contribution in [0.5, 0.6) is 0 Å². The van der Waals surface area contributed by atoms with E-state index in [4.69, 9.17) is 4.74 Å². The number of benzene rings is 1. The summed E-state index contributed by atoms with van der Waals surface area (Å²) in [6, 6.07) is 13.3.